The van der Waals surface area contributed by atoms with Crippen LogP contribution in [-0.2, 0) is 71.6 Å². The fourth-order valence-electron chi connectivity index (χ4n) is 11.6. The lowest BCUT2D eigenvalue weighted by molar-refractivity contribution is -0.282. The molecule has 3 saturated heterocycles. The molecule has 0 aromatic heterocycles. The molecule has 0 saturated carbocycles. The number of Topliss-reactive ketones (excluding diaryl/α,β-unsaturated/α-hetero) is 1. The van der Waals surface area contributed by atoms with Crippen molar-refractivity contribution in [2.24, 2.45) is 23.2 Å². The summed E-state index contributed by atoms with van der Waals surface area (Å²) >= 11 is 0. The van der Waals surface area contributed by atoms with Gasteiger partial charge in [-0.3, -0.25) is 28.9 Å². The molecule has 15 unspecified atom stereocenters. The van der Waals surface area contributed by atoms with E-state index in [0.717, 1.165) is 77.0 Å². The minimum absolute atomic E-state index is 0.104. The first kappa shape index (κ1) is 85.4. The van der Waals surface area contributed by atoms with Crippen molar-refractivity contribution >= 4 is 35.6 Å². The van der Waals surface area contributed by atoms with Crippen molar-refractivity contribution in [2.45, 2.75) is 288 Å². The summed E-state index contributed by atoms with van der Waals surface area (Å²) in [6.07, 6.45) is 5.73. The molecule has 15 atom stereocenters. The number of hydrogen-bond donors (Lipinski definition) is 12. The molecule has 0 bridgehead atoms. The molecule has 3 rings (SSSR count). The van der Waals surface area contributed by atoms with Gasteiger partial charge in [-0.1, -0.05) is 85.5 Å². The zero-order valence-corrected chi connectivity index (χ0v) is 57.2. The Morgan fingerprint density at radius 2 is 0.716 bits per heavy atom. The lowest BCUT2D eigenvalue weighted by Crippen LogP contribution is -2.55. The fraction of sp³-hybridized carbons (Fsp3) is 0.910. The van der Waals surface area contributed by atoms with Gasteiger partial charge in [-0.05, 0) is 95.3 Å². The Morgan fingerprint density at radius 1 is 0.379 bits per heavy atom. The smallest absolute Gasteiger partial charge is 0.438 e. The summed E-state index contributed by atoms with van der Waals surface area (Å²) in [5.74, 6) is -2.13. The molecular weight excluding hydrogens is 1250 g/mol. The van der Waals surface area contributed by atoms with Crippen molar-refractivity contribution in [2.75, 3.05) is 79.1 Å². The van der Waals surface area contributed by atoms with E-state index in [4.69, 9.17) is 47.7 Å². The van der Waals surface area contributed by atoms with E-state index >= 15 is 0 Å². The summed E-state index contributed by atoms with van der Waals surface area (Å²) in [7, 11) is 0. The largest absolute Gasteiger partial charge is 0.466 e. The second-order valence-electron chi connectivity index (χ2n) is 26.2. The highest BCUT2D eigenvalue weighted by molar-refractivity contribution is 5.78. The standard InChI is InChI=1S/C67H121N3O25/c1-46-57(79)60(82)50(43-71)92-63(46)88-37-20-26-49(74)25-14-8-5-13-19-36-70-66(85)95-91-42-33-67(4,31-23-40-86-55(77)29-15-9-6-11-17-34-68-53(75)27-21-38-89-64-47(2)58(80)61(83)51(44-72)93-64)32-24-41-87-56(78)30-16-10-7-12-18-35-69-54(76)28-22-39-90-65-48(3)59(81)62(84)52(45-73)94-65/h46-48,50-52,57-65,71-73,79-84H,5-45H2,1-4H3,(H,68,75)(H,69,76)(H,70,85). The Morgan fingerprint density at radius 3 is 1.11 bits per heavy atom. The molecule has 0 spiro atoms. The van der Waals surface area contributed by atoms with Crippen LogP contribution < -0.4 is 16.0 Å². The second kappa shape index (κ2) is 50.5. The Kier molecular flexibility index (Phi) is 45.4. The number of ketones is 1. The van der Waals surface area contributed by atoms with Crippen LogP contribution in [0.15, 0.2) is 0 Å². The van der Waals surface area contributed by atoms with Crippen molar-refractivity contribution in [3.8, 4) is 0 Å². The van der Waals surface area contributed by atoms with Crippen LogP contribution in [0.4, 0.5) is 4.79 Å². The Hall–Kier alpha value is -3.82. The molecule has 0 aromatic rings. The van der Waals surface area contributed by atoms with Gasteiger partial charge in [-0.25, -0.2) is 4.79 Å². The lowest BCUT2D eigenvalue weighted by Gasteiger charge is -2.40. The molecule has 28 nitrogen and oxygen atoms in total. The maximum atomic E-state index is 12.7. The number of aliphatic hydroxyl groups is 9. The predicted octanol–water partition coefficient (Wildman–Crippen LogP) is 4.13. The molecular formula is C67H121N3O25. The minimum atomic E-state index is -1.20. The van der Waals surface area contributed by atoms with E-state index in [2.05, 4.69) is 22.9 Å². The van der Waals surface area contributed by atoms with E-state index < -0.39 is 117 Å². The first-order valence-electron chi connectivity index (χ1n) is 35.3. The molecule has 12 N–H and O–H groups in total. The summed E-state index contributed by atoms with van der Waals surface area (Å²) in [6, 6.07) is 0. The number of carbonyl (C=O) groups is 6. The van der Waals surface area contributed by atoms with E-state index in [1.807, 2.05) is 0 Å². The molecule has 0 aliphatic carbocycles. The van der Waals surface area contributed by atoms with E-state index in [0.29, 0.717) is 116 Å². The summed E-state index contributed by atoms with van der Waals surface area (Å²) in [6.45, 7) is 8.48. The van der Waals surface area contributed by atoms with Crippen LogP contribution in [0.1, 0.15) is 214 Å². The SMILES string of the molecule is CC1C(OCCCC(=O)CCCCCCCNC(=O)OOCCC(C)(CCCOC(=O)CCCCCCCNC(=O)CCCOC2OC(CO)C(O)C(O)C2C)CCCOC(=O)CCCCCCCNC(=O)CCCOC2OC(CO)C(O)C(O)C2C)OC(CO)C(O)C1O. The van der Waals surface area contributed by atoms with Crippen molar-refractivity contribution in [1.82, 2.24) is 16.0 Å². The van der Waals surface area contributed by atoms with Gasteiger partial charge in [-0.2, -0.15) is 4.89 Å². The summed E-state index contributed by atoms with van der Waals surface area (Å²) in [5, 5.41) is 97.4. The maximum Gasteiger partial charge on any atom is 0.438 e. The lowest BCUT2D eigenvalue weighted by atomic mass is 9.78. The van der Waals surface area contributed by atoms with E-state index in [-0.39, 0.29) is 87.4 Å². The van der Waals surface area contributed by atoms with Crippen molar-refractivity contribution in [3.63, 3.8) is 0 Å². The first-order chi connectivity index (χ1) is 45.6. The Bertz CT molecular complexity index is 1860. The van der Waals surface area contributed by atoms with Crippen LogP contribution >= 0.6 is 0 Å². The number of esters is 2. The highest BCUT2D eigenvalue weighted by Crippen LogP contribution is 2.34. The monoisotopic (exact) mass is 1370 g/mol. The number of aliphatic hydroxyl groups excluding tert-OH is 9. The summed E-state index contributed by atoms with van der Waals surface area (Å²) < 4.78 is 44.9. The number of rotatable bonds is 54. The summed E-state index contributed by atoms with van der Waals surface area (Å²) in [5.41, 5.74) is -0.331. The Labute approximate surface area is 562 Å². The van der Waals surface area contributed by atoms with Gasteiger partial charge >= 0.3 is 18.0 Å². The third kappa shape index (κ3) is 35.7. The van der Waals surface area contributed by atoms with Gasteiger partial charge < -0.3 is 99.8 Å². The molecule has 0 aromatic carbocycles. The fourth-order valence-corrected chi connectivity index (χ4v) is 11.6. The van der Waals surface area contributed by atoms with Gasteiger partial charge in [-0.15, -0.1) is 0 Å². The van der Waals surface area contributed by atoms with Gasteiger partial charge in [0, 0.05) is 75.9 Å². The zero-order chi connectivity index (χ0) is 69.8. The maximum absolute atomic E-state index is 12.7. The molecule has 3 heterocycles. The minimum Gasteiger partial charge on any atom is -0.466 e. The second-order valence-corrected chi connectivity index (χ2v) is 26.2. The molecule has 3 amide bonds. The van der Waals surface area contributed by atoms with Crippen LogP contribution in [0.5, 0.6) is 0 Å². The average Bonchev–Trinajstić information content (AvgIpc) is 0.851. The van der Waals surface area contributed by atoms with Crippen LogP contribution in [0.3, 0.4) is 0 Å². The highest BCUT2D eigenvalue weighted by atomic mass is 17.2. The van der Waals surface area contributed by atoms with Gasteiger partial charge in [0.25, 0.3) is 0 Å². The number of ether oxygens (including phenoxy) is 8. The molecule has 3 fully saturated rings. The third-order valence-corrected chi connectivity index (χ3v) is 18.1. The van der Waals surface area contributed by atoms with Crippen LogP contribution in [0.2, 0.25) is 0 Å². The van der Waals surface area contributed by atoms with Gasteiger partial charge in [0.1, 0.15) is 42.4 Å². The van der Waals surface area contributed by atoms with E-state index in [1.54, 1.807) is 20.8 Å². The number of amides is 3. The van der Waals surface area contributed by atoms with Crippen molar-refractivity contribution in [3.05, 3.63) is 0 Å². The third-order valence-electron chi connectivity index (χ3n) is 18.1. The van der Waals surface area contributed by atoms with E-state index in [1.165, 1.54) is 0 Å². The van der Waals surface area contributed by atoms with Crippen LogP contribution in [0.25, 0.3) is 0 Å². The zero-order valence-electron chi connectivity index (χ0n) is 57.2. The van der Waals surface area contributed by atoms with Crippen molar-refractivity contribution in [1.29, 1.82) is 0 Å². The van der Waals surface area contributed by atoms with Gasteiger partial charge in [0.2, 0.25) is 11.8 Å². The normalized spacial score (nSPS) is 26.7. The average molecular weight is 1370 g/mol. The molecule has 0 radical (unpaired) electrons. The summed E-state index contributed by atoms with van der Waals surface area (Å²) in [4.78, 5) is 85.2. The number of carbonyl (C=O) groups excluding carboxylic acids is 6. The first-order valence-corrected chi connectivity index (χ1v) is 35.3. The van der Waals surface area contributed by atoms with Crippen LogP contribution in [-0.4, -0.2) is 234 Å². The Balaban J connectivity index is 1.26. The van der Waals surface area contributed by atoms with Gasteiger partial charge in [0.15, 0.2) is 18.9 Å². The molecule has 3 aliphatic rings. The number of nitrogens with one attached hydrogen (secondary N) is 3. The van der Waals surface area contributed by atoms with Crippen LogP contribution in [0, 0.1) is 23.2 Å². The molecule has 3 aliphatic heterocycles. The molecule has 554 valence electrons. The molecule has 28 heteroatoms. The predicted molar refractivity (Wildman–Crippen MR) is 344 cm³/mol. The number of unbranched alkanes of at least 4 members (excludes halogenated alkanes) is 12. The number of hydrogen-bond acceptors (Lipinski definition) is 25. The molecule has 95 heavy (non-hydrogen) atoms. The van der Waals surface area contributed by atoms with E-state index in [9.17, 15) is 74.7 Å². The highest BCUT2D eigenvalue weighted by Gasteiger charge is 2.45. The van der Waals surface area contributed by atoms with Crippen molar-refractivity contribution < 1.29 is 122 Å². The van der Waals surface area contributed by atoms with Gasteiger partial charge in [0.05, 0.1) is 77.8 Å². The quantitative estimate of drug-likeness (QED) is 0.0176. The topological polar surface area (TPSA) is 413 Å².